The summed E-state index contributed by atoms with van der Waals surface area (Å²) in [4.78, 5) is 12.4. The molecule has 0 aromatic heterocycles. The predicted octanol–water partition coefficient (Wildman–Crippen LogP) is 5.46. The van der Waals surface area contributed by atoms with E-state index in [0.29, 0.717) is 18.3 Å². The lowest BCUT2D eigenvalue weighted by atomic mass is 9.59. The highest BCUT2D eigenvalue weighted by atomic mass is 28.4. The van der Waals surface area contributed by atoms with E-state index in [1.165, 1.54) is 5.57 Å². The summed E-state index contributed by atoms with van der Waals surface area (Å²) in [6, 6.07) is 0. The Labute approximate surface area is 202 Å². The molecule has 1 heterocycles. The molecule has 0 spiro atoms. The molecule has 0 radical (unpaired) electrons. The second kappa shape index (κ2) is 10.1. The van der Waals surface area contributed by atoms with Gasteiger partial charge in [0.15, 0.2) is 8.32 Å². The molecule has 6 heteroatoms. The number of cyclic esters (lactones) is 1. The van der Waals surface area contributed by atoms with E-state index < -0.39 is 20.5 Å². The molecule has 0 bridgehead atoms. The summed E-state index contributed by atoms with van der Waals surface area (Å²) in [5.74, 6) is 0.864. The molecule has 0 aromatic rings. The molecule has 2 fully saturated rings. The molecule has 3 aliphatic rings. The molecular formula is C27H48O5Si. The largest absolute Gasteiger partial charge is 0.462 e. The Balaban J connectivity index is 1.68. The van der Waals surface area contributed by atoms with Crippen LogP contribution in [0, 0.1) is 29.6 Å². The van der Waals surface area contributed by atoms with Gasteiger partial charge >= 0.3 is 5.97 Å². The molecule has 0 unspecified atom stereocenters. The van der Waals surface area contributed by atoms with Crippen molar-refractivity contribution in [1.29, 1.82) is 0 Å². The molecule has 9 atom stereocenters. The van der Waals surface area contributed by atoms with E-state index in [-0.39, 0.29) is 41.0 Å². The quantitative estimate of drug-likeness (QED) is 0.300. The van der Waals surface area contributed by atoms with Crippen molar-refractivity contribution in [2.24, 2.45) is 29.6 Å². The van der Waals surface area contributed by atoms with E-state index in [1.54, 1.807) is 6.92 Å². The first-order valence-electron chi connectivity index (χ1n) is 13.1. The topological polar surface area (TPSA) is 76.0 Å². The van der Waals surface area contributed by atoms with Gasteiger partial charge in [0.05, 0.1) is 24.7 Å². The van der Waals surface area contributed by atoms with E-state index in [9.17, 15) is 15.0 Å². The maximum Gasteiger partial charge on any atom is 0.308 e. The fraction of sp³-hybridized carbons (Fsp3) is 0.889. The second-order valence-corrected chi connectivity index (χ2v) is 17.5. The van der Waals surface area contributed by atoms with Crippen LogP contribution in [0.4, 0.5) is 0 Å². The van der Waals surface area contributed by atoms with Crippen molar-refractivity contribution in [2.45, 2.75) is 123 Å². The van der Waals surface area contributed by atoms with Crippen LogP contribution < -0.4 is 0 Å². The zero-order valence-corrected chi connectivity index (χ0v) is 23.1. The molecule has 3 rings (SSSR count). The molecule has 2 N–H and O–H groups in total. The predicted molar refractivity (Wildman–Crippen MR) is 134 cm³/mol. The molecule has 1 saturated heterocycles. The van der Waals surface area contributed by atoms with Crippen LogP contribution in [0.2, 0.25) is 18.1 Å². The van der Waals surface area contributed by atoms with Crippen molar-refractivity contribution in [2.75, 3.05) is 0 Å². The van der Waals surface area contributed by atoms with Crippen LogP contribution in [0.1, 0.15) is 80.1 Å². The molecule has 0 aromatic carbocycles. The number of hydrogen-bond acceptors (Lipinski definition) is 5. The molecule has 33 heavy (non-hydrogen) atoms. The summed E-state index contributed by atoms with van der Waals surface area (Å²) < 4.78 is 12.3. The Morgan fingerprint density at radius 1 is 1.24 bits per heavy atom. The van der Waals surface area contributed by atoms with Gasteiger partial charge in [-0.1, -0.05) is 46.3 Å². The Morgan fingerprint density at radius 2 is 1.91 bits per heavy atom. The average Bonchev–Trinajstić information content (AvgIpc) is 2.65. The summed E-state index contributed by atoms with van der Waals surface area (Å²) in [6.07, 6.45) is 6.12. The lowest BCUT2D eigenvalue weighted by molar-refractivity contribution is -0.160. The molecule has 2 aliphatic carbocycles. The fourth-order valence-corrected chi connectivity index (χ4v) is 7.71. The van der Waals surface area contributed by atoms with E-state index in [4.69, 9.17) is 9.16 Å². The summed E-state index contributed by atoms with van der Waals surface area (Å²) in [7, 11) is -1.95. The highest BCUT2D eigenvalue weighted by Gasteiger charge is 2.47. The molecule has 1 saturated carbocycles. The summed E-state index contributed by atoms with van der Waals surface area (Å²) in [5, 5.41) is 21.8. The minimum absolute atomic E-state index is 0.0582. The van der Waals surface area contributed by atoms with Gasteiger partial charge in [0.1, 0.15) is 6.10 Å². The first-order chi connectivity index (χ1) is 15.2. The number of carbonyl (C=O) groups excluding carboxylic acids is 1. The second-order valence-electron chi connectivity index (χ2n) is 12.7. The molecule has 5 nitrogen and oxygen atoms in total. The fourth-order valence-electron chi connectivity index (χ4n) is 6.34. The SMILES string of the molecule is C[C@H](O)[C@H]1[C@H](O)[C@H]2C(=C[C@@H]1C)CC[C@H](C)[C@@H]2CC[C@@H]1C[C@@H](O[Si](C)(C)C(C)(C)C)CC(=O)O1. The monoisotopic (exact) mass is 480 g/mol. The number of fused-ring (bicyclic) bond motifs is 1. The number of carbonyl (C=O) groups is 1. The van der Waals surface area contributed by atoms with Crippen molar-refractivity contribution in [1.82, 2.24) is 0 Å². The van der Waals surface area contributed by atoms with Crippen molar-refractivity contribution < 1.29 is 24.2 Å². The normalized spacial score (nSPS) is 38.8. The van der Waals surface area contributed by atoms with Crippen LogP contribution in [0.5, 0.6) is 0 Å². The smallest absolute Gasteiger partial charge is 0.308 e. The summed E-state index contributed by atoms with van der Waals surface area (Å²) in [5.41, 5.74) is 1.37. The van der Waals surface area contributed by atoms with Crippen molar-refractivity contribution >= 4 is 14.3 Å². The maximum atomic E-state index is 12.4. The Morgan fingerprint density at radius 3 is 2.52 bits per heavy atom. The number of aliphatic hydroxyl groups excluding tert-OH is 2. The number of aliphatic hydroxyl groups is 2. The molecular weight excluding hydrogens is 432 g/mol. The maximum absolute atomic E-state index is 12.4. The van der Waals surface area contributed by atoms with Gasteiger partial charge < -0.3 is 19.4 Å². The minimum Gasteiger partial charge on any atom is -0.462 e. The zero-order chi connectivity index (χ0) is 24.7. The van der Waals surface area contributed by atoms with E-state index in [2.05, 4.69) is 53.8 Å². The first kappa shape index (κ1) is 26.9. The third-order valence-electron chi connectivity index (χ3n) is 9.22. The molecule has 1 aliphatic heterocycles. The number of allylic oxidation sites excluding steroid dienone is 1. The van der Waals surface area contributed by atoms with Crippen molar-refractivity contribution in [3.05, 3.63) is 11.6 Å². The van der Waals surface area contributed by atoms with Gasteiger partial charge in [-0.3, -0.25) is 4.79 Å². The first-order valence-corrected chi connectivity index (χ1v) is 16.1. The minimum atomic E-state index is -1.95. The number of rotatable bonds is 6. The number of ether oxygens (including phenoxy) is 1. The average molecular weight is 481 g/mol. The standard InChI is InChI=1S/C27H48O5Si/c1-16-9-10-19-13-17(2)24(18(3)28)26(30)25(19)22(16)12-11-20-14-21(15-23(29)31-20)32-33(7,8)27(4,5)6/h13,16-18,20-22,24-26,28,30H,9-12,14-15H2,1-8H3/t16-,17-,18-,20+,21+,22-,24-,25-,26-/m0/s1. The highest BCUT2D eigenvalue weighted by molar-refractivity contribution is 6.74. The van der Waals surface area contributed by atoms with Gasteiger partial charge in [0.2, 0.25) is 0 Å². The van der Waals surface area contributed by atoms with Crippen LogP contribution in [-0.4, -0.2) is 48.9 Å². The zero-order valence-electron chi connectivity index (χ0n) is 22.1. The van der Waals surface area contributed by atoms with Gasteiger partial charge in [-0.2, -0.15) is 0 Å². The molecule has 190 valence electrons. The summed E-state index contributed by atoms with van der Waals surface area (Å²) >= 11 is 0. The lowest BCUT2D eigenvalue weighted by Crippen LogP contribution is -2.49. The Kier molecular flexibility index (Phi) is 8.25. The highest BCUT2D eigenvalue weighted by Crippen LogP contribution is 2.49. The van der Waals surface area contributed by atoms with Gasteiger partial charge in [-0.25, -0.2) is 0 Å². The van der Waals surface area contributed by atoms with Crippen LogP contribution in [0.25, 0.3) is 0 Å². The Bertz CT molecular complexity index is 725. The van der Waals surface area contributed by atoms with Crippen LogP contribution in [0.15, 0.2) is 11.6 Å². The van der Waals surface area contributed by atoms with E-state index >= 15 is 0 Å². The summed E-state index contributed by atoms with van der Waals surface area (Å²) in [6.45, 7) is 17.4. The third kappa shape index (κ3) is 5.94. The van der Waals surface area contributed by atoms with Crippen molar-refractivity contribution in [3.8, 4) is 0 Å². The lowest BCUT2D eigenvalue weighted by Gasteiger charge is -2.48. The third-order valence-corrected chi connectivity index (χ3v) is 13.8. The van der Waals surface area contributed by atoms with Crippen molar-refractivity contribution in [3.63, 3.8) is 0 Å². The number of esters is 1. The van der Waals surface area contributed by atoms with Crippen LogP contribution >= 0.6 is 0 Å². The van der Waals surface area contributed by atoms with E-state index in [0.717, 1.165) is 32.1 Å². The van der Waals surface area contributed by atoms with Crippen LogP contribution in [-0.2, 0) is 14.0 Å². The van der Waals surface area contributed by atoms with Gasteiger partial charge in [0.25, 0.3) is 0 Å². The van der Waals surface area contributed by atoms with Gasteiger partial charge in [-0.15, -0.1) is 0 Å². The number of hydrogen-bond donors (Lipinski definition) is 2. The van der Waals surface area contributed by atoms with Crippen LogP contribution in [0.3, 0.4) is 0 Å². The molecule has 0 amide bonds. The van der Waals surface area contributed by atoms with E-state index in [1.807, 2.05) is 0 Å². The Hall–Kier alpha value is -0.693. The van der Waals surface area contributed by atoms with Gasteiger partial charge in [0, 0.05) is 18.3 Å². The van der Waals surface area contributed by atoms with Gasteiger partial charge in [-0.05, 0) is 68.5 Å².